The van der Waals surface area contributed by atoms with E-state index < -0.39 is 5.60 Å². The number of hydrogen-bond acceptors (Lipinski definition) is 8. The molecule has 2 amide bonds. The first kappa shape index (κ1) is 32.6. The molecule has 4 rings (SSSR count). The van der Waals surface area contributed by atoms with Gasteiger partial charge in [-0.15, -0.1) is 0 Å². The average Bonchev–Trinajstić information content (AvgIpc) is 3.10. The summed E-state index contributed by atoms with van der Waals surface area (Å²) in [6, 6.07) is 14.5. The van der Waals surface area contributed by atoms with Crippen LogP contribution >= 0.6 is 11.9 Å². The van der Waals surface area contributed by atoms with Gasteiger partial charge in [0, 0.05) is 67.7 Å². The number of carbonyl (C=O) groups excluding carboxylic acids is 2. The van der Waals surface area contributed by atoms with E-state index in [0.29, 0.717) is 49.8 Å². The lowest BCUT2D eigenvalue weighted by Crippen LogP contribution is -2.48. The first-order valence-electron chi connectivity index (χ1n) is 15.1. The lowest BCUT2D eigenvalue weighted by atomic mass is 10.0. The van der Waals surface area contributed by atoms with E-state index in [9.17, 15) is 9.59 Å². The lowest BCUT2D eigenvalue weighted by molar-refractivity contribution is -0.127. The Balaban J connectivity index is 1.40. The highest BCUT2D eigenvalue weighted by Crippen LogP contribution is 2.35. The lowest BCUT2D eigenvalue weighted by Gasteiger charge is -2.38. The number of ether oxygens (including phenoxy) is 1. The second kappa shape index (κ2) is 14.9. The molecule has 0 saturated carbocycles. The van der Waals surface area contributed by atoms with Crippen LogP contribution in [0.25, 0.3) is 17.2 Å². The molecule has 2 aromatic rings. The van der Waals surface area contributed by atoms with Gasteiger partial charge in [-0.05, 0) is 87.4 Å². The van der Waals surface area contributed by atoms with E-state index in [2.05, 4.69) is 51.9 Å². The summed E-state index contributed by atoms with van der Waals surface area (Å²) < 4.78 is 7.61. The standard InChI is InChI=1S/C33H45N5O4S/c1-5-13-37(14-6-7-15-39)31(40)27-16-26-12-11-25(18-29(26)36-30(34)19-27)24-9-8-10-28(17-24)43-38-21-23(22-38)20-35-32(41)42-33(2,3)4/h8-12,16-18,23,39H,5-7,13-15,19-22H2,1-4H3,(H2,34,36)(H,35,41). The van der Waals surface area contributed by atoms with Crippen molar-refractivity contribution in [2.24, 2.45) is 16.6 Å². The van der Waals surface area contributed by atoms with Crippen LogP contribution in [0.5, 0.6) is 0 Å². The predicted octanol–water partition coefficient (Wildman–Crippen LogP) is 5.60. The Morgan fingerprint density at radius 1 is 1.14 bits per heavy atom. The van der Waals surface area contributed by atoms with Gasteiger partial charge >= 0.3 is 6.09 Å². The summed E-state index contributed by atoms with van der Waals surface area (Å²) in [5, 5.41) is 12.0. The van der Waals surface area contributed by atoms with Gasteiger partial charge in [0.25, 0.3) is 0 Å². The molecule has 232 valence electrons. The number of fused-ring (bicyclic) bond motifs is 1. The molecule has 0 spiro atoms. The third-order valence-electron chi connectivity index (χ3n) is 7.15. The van der Waals surface area contributed by atoms with Crippen LogP contribution in [-0.2, 0) is 9.53 Å². The number of nitrogens with one attached hydrogen (secondary N) is 1. The number of carbonyl (C=O) groups is 2. The van der Waals surface area contributed by atoms with E-state index in [1.165, 1.54) is 0 Å². The number of alkyl carbamates (subject to hydrolysis) is 1. The van der Waals surface area contributed by atoms with Crippen LogP contribution in [0.4, 0.5) is 10.5 Å². The second-order valence-corrected chi connectivity index (χ2v) is 13.3. The second-order valence-electron chi connectivity index (χ2n) is 12.2. The van der Waals surface area contributed by atoms with Crippen LogP contribution in [0.15, 0.2) is 57.9 Å². The number of amides is 2. The molecule has 0 aliphatic carbocycles. The molecule has 0 bridgehead atoms. The normalized spacial score (nSPS) is 15.5. The summed E-state index contributed by atoms with van der Waals surface area (Å²) in [6.45, 7) is 11.4. The highest BCUT2D eigenvalue weighted by molar-refractivity contribution is 7.97. The molecule has 0 aromatic heterocycles. The van der Waals surface area contributed by atoms with E-state index in [0.717, 1.165) is 53.2 Å². The van der Waals surface area contributed by atoms with Crippen LogP contribution in [0, 0.1) is 5.92 Å². The van der Waals surface area contributed by atoms with Gasteiger partial charge in [0.15, 0.2) is 0 Å². The number of aliphatic hydroxyl groups is 1. The highest BCUT2D eigenvalue weighted by atomic mass is 32.2. The number of nitrogens with zero attached hydrogens (tertiary/aromatic N) is 3. The molecule has 1 saturated heterocycles. The Bertz CT molecular complexity index is 1350. The summed E-state index contributed by atoms with van der Waals surface area (Å²) in [5.41, 5.74) is 10.2. The average molecular weight is 608 g/mol. The summed E-state index contributed by atoms with van der Waals surface area (Å²) >= 11 is 1.71. The number of rotatable bonds is 12. The molecule has 0 radical (unpaired) electrons. The van der Waals surface area contributed by atoms with Crippen LogP contribution in [0.2, 0.25) is 0 Å². The molecular formula is C33H45N5O4S. The fourth-order valence-corrected chi connectivity index (χ4v) is 6.25. The maximum atomic E-state index is 13.4. The van der Waals surface area contributed by atoms with Crippen molar-refractivity contribution in [3.05, 3.63) is 53.6 Å². The summed E-state index contributed by atoms with van der Waals surface area (Å²) in [6.07, 6.45) is 4.16. The van der Waals surface area contributed by atoms with E-state index in [-0.39, 0.29) is 18.6 Å². The van der Waals surface area contributed by atoms with Gasteiger partial charge < -0.3 is 25.8 Å². The Labute approximate surface area is 259 Å². The van der Waals surface area contributed by atoms with Gasteiger partial charge in [0.1, 0.15) is 11.4 Å². The Morgan fingerprint density at radius 3 is 2.63 bits per heavy atom. The highest BCUT2D eigenvalue weighted by Gasteiger charge is 2.29. The SMILES string of the molecule is CCCN(CCCCO)C(=O)C1=Cc2ccc(-c3cccc(SN4CC(CNC(=O)OC(C)(C)C)C4)c3)cc2N=C(N)C1. The first-order chi connectivity index (χ1) is 20.5. The summed E-state index contributed by atoms with van der Waals surface area (Å²) in [5.74, 6) is 0.795. The molecule has 0 atom stereocenters. The summed E-state index contributed by atoms with van der Waals surface area (Å²) in [7, 11) is 0. The summed E-state index contributed by atoms with van der Waals surface area (Å²) in [4.78, 5) is 33.0. The zero-order valence-electron chi connectivity index (χ0n) is 25.8. The molecule has 2 heterocycles. The number of amidine groups is 1. The molecule has 2 aliphatic heterocycles. The molecular weight excluding hydrogens is 562 g/mol. The molecule has 2 aromatic carbocycles. The maximum absolute atomic E-state index is 13.4. The minimum atomic E-state index is -0.497. The Kier molecular flexibility index (Phi) is 11.3. The number of aliphatic imine (C=N–C) groups is 1. The smallest absolute Gasteiger partial charge is 0.407 e. The fraction of sp³-hybridized carbons (Fsp3) is 0.485. The minimum absolute atomic E-state index is 0.0200. The molecule has 1 fully saturated rings. The van der Waals surface area contributed by atoms with E-state index in [1.54, 1.807) is 11.9 Å². The number of unbranched alkanes of at least 4 members (excludes halogenated alkanes) is 1. The van der Waals surface area contributed by atoms with Gasteiger partial charge in [-0.1, -0.05) is 31.2 Å². The Morgan fingerprint density at radius 2 is 1.91 bits per heavy atom. The zero-order chi connectivity index (χ0) is 31.0. The van der Waals surface area contributed by atoms with Crippen LogP contribution in [0.3, 0.4) is 0 Å². The van der Waals surface area contributed by atoms with Crippen molar-refractivity contribution >= 4 is 41.5 Å². The zero-order valence-corrected chi connectivity index (χ0v) is 26.6. The van der Waals surface area contributed by atoms with Crippen molar-refractivity contribution in [2.75, 3.05) is 39.3 Å². The number of nitrogens with two attached hydrogens (primary N) is 1. The molecule has 0 unspecified atom stereocenters. The van der Waals surface area contributed by atoms with Crippen LogP contribution in [0.1, 0.15) is 58.9 Å². The van der Waals surface area contributed by atoms with Crippen LogP contribution < -0.4 is 11.1 Å². The molecule has 4 N–H and O–H groups in total. The van der Waals surface area contributed by atoms with Crippen molar-refractivity contribution in [2.45, 2.75) is 63.9 Å². The van der Waals surface area contributed by atoms with E-state index in [4.69, 9.17) is 15.6 Å². The number of hydrogen-bond donors (Lipinski definition) is 3. The van der Waals surface area contributed by atoms with Crippen molar-refractivity contribution in [3.8, 4) is 11.1 Å². The van der Waals surface area contributed by atoms with Gasteiger partial charge in [0.2, 0.25) is 5.91 Å². The monoisotopic (exact) mass is 607 g/mol. The van der Waals surface area contributed by atoms with E-state index >= 15 is 0 Å². The minimum Gasteiger partial charge on any atom is -0.444 e. The van der Waals surface area contributed by atoms with Crippen molar-refractivity contribution < 1.29 is 19.4 Å². The van der Waals surface area contributed by atoms with Crippen molar-refractivity contribution in [1.29, 1.82) is 0 Å². The number of benzene rings is 2. The van der Waals surface area contributed by atoms with Crippen molar-refractivity contribution in [3.63, 3.8) is 0 Å². The molecule has 9 nitrogen and oxygen atoms in total. The largest absolute Gasteiger partial charge is 0.444 e. The third-order valence-corrected chi connectivity index (χ3v) is 8.17. The molecule has 10 heteroatoms. The van der Waals surface area contributed by atoms with E-state index in [1.807, 2.05) is 43.9 Å². The van der Waals surface area contributed by atoms with Crippen LogP contribution in [-0.4, -0.2) is 77.1 Å². The quantitative estimate of drug-likeness (QED) is 0.212. The van der Waals surface area contributed by atoms with Gasteiger partial charge in [-0.25, -0.2) is 14.1 Å². The first-order valence-corrected chi connectivity index (χ1v) is 15.9. The fourth-order valence-electron chi connectivity index (χ4n) is 5.06. The maximum Gasteiger partial charge on any atom is 0.407 e. The molecule has 2 aliphatic rings. The predicted molar refractivity (Wildman–Crippen MR) is 174 cm³/mol. The number of aliphatic hydroxyl groups excluding tert-OH is 1. The molecule has 43 heavy (non-hydrogen) atoms. The van der Waals surface area contributed by atoms with Gasteiger partial charge in [-0.2, -0.15) is 0 Å². The Hall–Kier alpha value is -3.34. The topological polar surface area (TPSA) is 120 Å². The van der Waals surface area contributed by atoms with Crippen molar-refractivity contribution in [1.82, 2.24) is 14.5 Å². The van der Waals surface area contributed by atoms with Gasteiger partial charge in [-0.3, -0.25) is 4.79 Å². The van der Waals surface area contributed by atoms with Gasteiger partial charge in [0.05, 0.1) is 5.69 Å². The third kappa shape index (κ3) is 9.58.